The maximum absolute atomic E-state index is 13.4. The topological polar surface area (TPSA) is 189 Å². The number of carbonyl (C=O) groups excluding carboxylic acids is 1. The van der Waals surface area contributed by atoms with Crippen LogP contribution in [0.1, 0.15) is 22.9 Å². The van der Waals surface area contributed by atoms with Crippen LogP contribution in [0.5, 0.6) is 5.75 Å². The second-order valence-electron chi connectivity index (χ2n) is 10.3. The highest BCUT2D eigenvalue weighted by atomic mass is 35.5. The van der Waals surface area contributed by atoms with E-state index in [1.54, 1.807) is 37.2 Å². The summed E-state index contributed by atoms with van der Waals surface area (Å²) in [7, 11) is 0.813. The number of fused-ring (bicyclic) bond motifs is 1. The Morgan fingerprint density at radius 2 is 1.89 bits per heavy atom. The van der Waals surface area contributed by atoms with Gasteiger partial charge in [0.2, 0.25) is 15.9 Å². The lowest BCUT2D eigenvalue weighted by molar-refractivity contribution is -0.118. The second kappa shape index (κ2) is 12.7. The quantitative estimate of drug-likeness (QED) is 0.206. The van der Waals surface area contributed by atoms with Gasteiger partial charge >= 0.3 is 0 Å². The van der Waals surface area contributed by atoms with Gasteiger partial charge in [-0.2, -0.15) is 5.10 Å². The van der Waals surface area contributed by atoms with Crippen molar-refractivity contribution < 1.29 is 22.7 Å². The average molecular weight is 666 g/mol. The van der Waals surface area contributed by atoms with Crippen molar-refractivity contribution in [1.82, 2.24) is 25.1 Å². The van der Waals surface area contributed by atoms with Gasteiger partial charge in [-0.05, 0) is 29.8 Å². The standard InChI is InChI=1S/C27H30Cl2N8O6S/c1-36(2)26-23-25(34-35-26)32-24(33-27(23)39)21(22-16(28)11-15(12-17(22)29)44(30,40)41)14-4-5-19(42-3)18(10-14)31-20(38)13-37-6-8-43-9-7-37/h4-5,10-12,21H,6-9,13H2,1-3H3,(H,31,38)(H2,30,40,41)(H2,32,33,34,35,39). The van der Waals surface area contributed by atoms with Crippen LogP contribution in [0.25, 0.3) is 11.0 Å². The molecule has 3 heterocycles. The average Bonchev–Trinajstić information content (AvgIpc) is 3.40. The van der Waals surface area contributed by atoms with E-state index in [1.165, 1.54) is 19.2 Å². The van der Waals surface area contributed by atoms with Crippen molar-refractivity contribution in [3.8, 4) is 5.75 Å². The fraction of sp³-hybridized carbons (Fsp3) is 0.333. The minimum atomic E-state index is -4.14. The Morgan fingerprint density at radius 3 is 2.50 bits per heavy atom. The maximum Gasteiger partial charge on any atom is 0.264 e. The number of ether oxygens (including phenoxy) is 2. The van der Waals surface area contributed by atoms with Crippen LogP contribution < -0.4 is 25.7 Å². The Kier molecular flexibility index (Phi) is 9.15. The zero-order valence-electron chi connectivity index (χ0n) is 24.0. The van der Waals surface area contributed by atoms with E-state index in [0.29, 0.717) is 49.1 Å². The minimum absolute atomic E-state index is 0.0402. The molecule has 2 aromatic carbocycles. The van der Waals surface area contributed by atoms with Crippen LogP contribution in [0, 0.1) is 0 Å². The summed E-state index contributed by atoms with van der Waals surface area (Å²) in [5.41, 5.74) is 0.814. The van der Waals surface area contributed by atoms with Crippen molar-refractivity contribution in [2.24, 2.45) is 5.14 Å². The Labute approximate surface area is 262 Å². The van der Waals surface area contributed by atoms with Gasteiger partial charge in [-0.1, -0.05) is 29.3 Å². The minimum Gasteiger partial charge on any atom is -0.495 e. The highest BCUT2D eigenvalue weighted by molar-refractivity contribution is 7.89. The number of nitrogens with zero attached hydrogens (tertiary/aromatic N) is 4. The molecule has 1 aliphatic heterocycles. The third-order valence-corrected chi connectivity index (χ3v) is 8.62. The summed E-state index contributed by atoms with van der Waals surface area (Å²) in [5.74, 6) is -0.326. The van der Waals surface area contributed by atoms with E-state index < -0.39 is 21.5 Å². The molecule has 234 valence electrons. The number of primary sulfonamides is 1. The lowest BCUT2D eigenvalue weighted by atomic mass is 9.89. The zero-order chi connectivity index (χ0) is 31.8. The number of benzene rings is 2. The molecule has 1 fully saturated rings. The number of hydrogen-bond donors (Lipinski definition) is 4. The maximum atomic E-state index is 13.4. The molecule has 0 spiro atoms. The van der Waals surface area contributed by atoms with Gasteiger partial charge < -0.3 is 24.7 Å². The van der Waals surface area contributed by atoms with Crippen LogP contribution in [0.15, 0.2) is 40.0 Å². The third kappa shape index (κ3) is 6.52. The summed E-state index contributed by atoms with van der Waals surface area (Å²) in [6.07, 6.45) is 0. The van der Waals surface area contributed by atoms with E-state index in [2.05, 4.69) is 25.5 Å². The van der Waals surface area contributed by atoms with Gasteiger partial charge in [0.15, 0.2) is 11.5 Å². The van der Waals surface area contributed by atoms with Crippen molar-refractivity contribution in [2.75, 3.05) is 64.3 Å². The SMILES string of the molecule is COc1ccc(C(c2nc3[nH]nc(N(C)C)c3c(=O)[nH]2)c2c(Cl)cc(S(N)(=O)=O)cc2Cl)cc1NC(=O)CN1CCOCC1. The van der Waals surface area contributed by atoms with Crippen molar-refractivity contribution in [3.63, 3.8) is 0 Å². The van der Waals surface area contributed by atoms with Gasteiger partial charge in [0.1, 0.15) is 17.0 Å². The molecule has 14 nitrogen and oxygen atoms in total. The van der Waals surface area contributed by atoms with Crippen molar-refractivity contribution in [1.29, 1.82) is 0 Å². The van der Waals surface area contributed by atoms with Gasteiger partial charge in [0.05, 0.1) is 43.4 Å². The predicted molar refractivity (Wildman–Crippen MR) is 166 cm³/mol. The van der Waals surface area contributed by atoms with E-state index >= 15 is 0 Å². The number of nitrogens with one attached hydrogen (secondary N) is 3. The molecule has 1 saturated heterocycles. The Balaban J connectivity index is 1.66. The molecule has 4 aromatic rings. The first-order valence-corrected chi connectivity index (χ1v) is 15.6. The van der Waals surface area contributed by atoms with E-state index in [1.807, 2.05) is 4.90 Å². The first kappa shape index (κ1) is 31.7. The Hall–Kier alpha value is -3.73. The molecule has 2 aromatic heterocycles. The monoisotopic (exact) mass is 664 g/mol. The first-order chi connectivity index (χ1) is 20.9. The van der Waals surface area contributed by atoms with E-state index in [4.69, 9.17) is 37.8 Å². The number of morpholine rings is 1. The first-order valence-electron chi connectivity index (χ1n) is 13.3. The number of anilines is 2. The number of H-pyrrole nitrogens is 2. The number of carbonyl (C=O) groups is 1. The highest BCUT2D eigenvalue weighted by Gasteiger charge is 2.29. The molecule has 5 rings (SSSR count). The summed E-state index contributed by atoms with van der Waals surface area (Å²) in [5, 5.41) is 15.4. The Morgan fingerprint density at radius 1 is 1.20 bits per heavy atom. The van der Waals surface area contributed by atoms with Gasteiger partial charge in [-0.3, -0.25) is 19.6 Å². The molecule has 1 amide bonds. The lowest BCUT2D eigenvalue weighted by Gasteiger charge is -2.26. The van der Waals surface area contributed by atoms with Crippen LogP contribution in [0.3, 0.4) is 0 Å². The highest BCUT2D eigenvalue weighted by Crippen LogP contribution is 2.42. The molecule has 5 N–H and O–H groups in total. The summed E-state index contributed by atoms with van der Waals surface area (Å²) < 4.78 is 35.1. The van der Waals surface area contributed by atoms with Crippen LogP contribution in [0.4, 0.5) is 11.5 Å². The van der Waals surface area contributed by atoms with Crippen molar-refractivity contribution >= 4 is 61.7 Å². The molecule has 0 saturated carbocycles. The van der Waals surface area contributed by atoms with Gasteiger partial charge in [0, 0.05) is 42.8 Å². The van der Waals surface area contributed by atoms with E-state index in [0.717, 1.165) is 0 Å². The van der Waals surface area contributed by atoms with Gasteiger partial charge in [0.25, 0.3) is 5.56 Å². The molecule has 17 heteroatoms. The number of hydrogen-bond acceptors (Lipinski definition) is 10. The molecular formula is C27H30Cl2N8O6S. The number of amides is 1. The third-order valence-electron chi connectivity index (χ3n) is 7.10. The van der Waals surface area contributed by atoms with Crippen molar-refractivity contribution in [3.05, 3.63) is 67.7 Å². The molecular weight excluding hydrogens is 635 g/mol. The summed E-state index contributed by atoms with van der Waals surface area (Å²) in [4.78, 5) is 37.2. The summed E-state index contributed by atoms with van der Waals surface area (Å²) in [6, 6.07) is 7.35. The smallest absolute Gasteiger partial charge is 0.264 e. The largest absolute Gasteiger partial charge is 0.495 e. The number of sulfonamides is 1. The molecule has 1 atom stereocenters. The zero-order valence-corrected chi connectivity index (χ0v) is 26.3. The van der Waals surface area contributed by atoms with E-state index in [9.17, 15) is 18.0 Å². The van der Waals surface area contributed by atoms with Crippen molar-refractivity contribution in [2.45, 2.75) is 10.8 Å². The van der Waals surface area contributed by atoms with Crippen LogP contribution in [-0.4, -0.2) is 93.4 Å². The fourth-order valence-electron chi connectivity index (χ4n) is 5.02. The fourth-order valence-corrected chi connectivity index (χ4v) is 6.42. The molecule has 1 unspecified atom stereocenters. The number of aromatic amines is 2. The summed E-state index contributed by atoms with van der Waals surface area (Å²) in [6.45, 7) is 2.49. The van der Waals surface area contributed by atoms with Crippen LogP contribution >= 0.6 is 23.2 Å². The molecule has 0 bridgehead atoms. The number of halogens is 2. The number of rotatable bonds is 9. The second-order valence-corrected chi connectivity index (χ2v) is 12.7. The number of aromatic nitrogens is 4. The number of methoxy groups -OCH3 is 1. The molecule has 0 aliphatic carbocycles. The molecule has 1 aliphatic rings. The Bertz CT molecular complexity index is 1870. The number of nitrogens with two attached hydrogens (primary N) is 1. The lowest BCUT2D eigenvalue weighted by Crippen LogP contribution is -2.41. The normalized spacial score (nSPS) is 14.9. The van der Waals surface area contributed by atoms with Crippen LogP contribution in [0.2, 0.25) is 10.0 Å². The molecule has 0 radical (unpaired) electrons. The summed E-state index contributed by atoms with van der Waals surface area (Å²) >= 11 is 13.3. The van der Waals surface area contributed by atoms with Gasteiger partial charge in [-0.25, -0.2) is 18.5 Å². The van der Waals surface area contributed by atoms with E-state index in [-0.39, 0.29) is 49.8 Å². The molecule has 44 heavy (non-hydrogen) atoms. The van der Waals surface area contributed by atoms with Crippen LogP contribution in [-0.2, 0) is 19.6 Å². The predicted octanol–water partition coefficient (Wildman–Crippen LogP) is 2.13. The van der Waals surface area contributed by atoms with Gasteiger partial charge in [-0.15, -0.1) is 0 Å².